The third-order valence-corrected chi connectivity index (χ3v) is 3.17. The van der Waals surface area contributed by atoms with Crippen LogP contribution in [0.2, 0.25) is 5.15 Å². The molecule has 1 fully saturated rings. The first-order valence-corrected chi connectivity index (χ1v) is 6.43. The largest absolute Gasteiger partial charge is 0.313 e. The second kappa shape index (κ2) is 5.76. The fourth-order valence-electron chi connectivity index (χ4n) is 2.25. The van der Waals surface area contributed by atoms with Gasteiger partial charge in [-0.1, -0.05) is 11.6 Å². The van der Waals surface area contributed by atoms with Gasteiger partial charge in [0.25, 0.3) is 0 Å². The van der Waals surface area contributed by atoms with Crippen LogP contribution in [-0.4, -0.2) is 41.0 Å². The van der Waals surface area contributed by atoms with E-state index in [2.05, 4.69) is 27.2 Å². The Labute approximate surface area is 107 Å². The molecule has 1 unspecified atom stereocenters. The number of hydrogen-bond donors (Lipinski definition) is 1. The normalized spacial score (nSPS) is 20.1. The maximum Gasteiger partial charge on any atom is 0.144 e. The molecule has 0 saturated carbocycles. The van der Waals surface area contributed by atoms with E-state index in [1.807, 2.05) is 6.92 Å². The van der Waals surface area contributed by atoms with Crippen molar-refractivity contribution in [3.05, 3.63) is 22.7 Å². The van der Waals surface area contributed by atoms with Crippen molar-refractivity contribution < 1.29 is 0 Å². The summed E-state index contributed by atoms with van der Waals surface area (Å²) in [6.07, 6.45) is 2.55. The zero-order valence-corrected chi connectivity index (χ0v) is 11.2. The molecule has 17 heavy (non-hydrogen) atoms. The van der Waals surface area contributed by atoms with Gasteiger partial charge in [-0.3, -0.25) is 4.90 Å². The molecule has 1 N–H and O–H groups in total. The summed E-state index contributed by atoms with van der Waals surface area (Å²) in [5.74, 6) is 0.801. The highest BCUT2D eigenvalue weighted by molar-refractivity contribution is 6.29. The van der Waals surface area contributed by atoms with Gasteiger partial charge in [0.1, 0.15) is 11.0 Å². The molecule has 1 aromatic rings. The molecule has 0 aromatic carbocycles. The summed E-state index contributed by atoms with van der Waals surface area (Å²) in [7, 11) is 2.10. The number of rotatable bonds is 4. The summed E-state index contributed by atoms with van der Waals surface area (Å²) in [5, 5.41) is 4.02. The van der Waals surface area contributed by atoms with Crippen molar-refractivity contribution in [2.24, 2.45) is 0 Å². The second-order valence-corrected chi connectivity index (χ2v) is 5.13. The lowest BCUT2D eigenvalue weighted by atomic mass is 10.2. The van der Waals surface area contributed by atoms with Crippen LogP contribution < -0.4 is 5.32 Å². The Hall–Kier alpha value is -0.710. The zero-order chi connectivity index (χ0) is 12.3. The Bertz CT molecular complexity index is 357. The lowest BCUT2D eigenvalue weighted by molar-refractivity contribution is 0.286. The highest BCUT2D eigenvalue weighted by atomic mass is 35.5. The average molecular weight is 255 g/mol. The maximum absolute atomic E-state index is 5.92. The lowest BCUT2D eigenvalue weighted by Crippen LogP contribution is -2.35. The summed E-state index contributed by atoms with van der Waals surface area (Å²) in [5.41, 5.74) is 0.924. The van der Waals surface area contributed by atoms with E-state index < -0.39 is 0 Å². The van der Waals surface area contributed by atoms with Crippen LogP contribution >= 0.6 is 11.6 Å². The number of halogens is 1. The number of nitrogens with one attached hydrogen (secondary N) is 1. The van der Waals surface area contributed by atoms with Gasteiger partial charge in [0, 0.05) is 18.3 Å². The minimum absolute atomic E-state index is 0.528. The minimum Gasteiger partial charge on any atom is -0.313 e. The topological polar surface area (TPSA) is 41.1 Å². The van der Waals surface area contributed by atoms with Gasteiger partial charge in [0.15, 0.2) is 0 Å². The van der Waals surface area contributed by atoms with Crippen LogP contribution in [0.5, 0.6) is 0 Å². The molecule has 0 aliphatic carbocycles. The molecule has 4 nitrogen and oxygen atoms in total. The molecule has 1 saturated heterocycles. The van der Waals surface area contributed by atoms with Gasteiger partial charge in [-0.25, -0.2) is 9.97 Å². The van der Waals surface area contributed by atoms with Gasteiger partial charge in [0.05, 0.1) is 6.54 Å². The summed E-state index contributed by atoms with van der Waals surface area (Å²) in [4.78, 5) is 10.9. The third kappa shape index (κ3) is 3.91. The molecule has 1 aliphatic heterocycles. The van der Waals surface area contributed by atoms with Crippen molar-refractivity contribution in [2.45, 2.75) is 32.4 Å². The molecule has 2 rings (SSSR count). The van der Waals surface area contributed by atoms with Gasteiger partial charge >= 0.3 is 0 Å². The summed E-state index contributed by atoms with van der Waals surface area (Å²) in [6.45, 7) is 4.87. The van der Waals surface area contributed by atoms with Crippen LogP contribution in [0.1, 0.15) is 24.4 Å². The fourth-order valence-corrected chi connectivity index (χ4v) is 2.51. The number of nitrogens with zero attached hydrogens (tertiary/aromatic N) is 3. The van der Waals surface area contributed by atoms with E-state index >= 15 is 0 Å². The summed E-state index contributed by atoms with van der Waals surface area (Å²) in [6, 6.07) is 2.39. The second-order valence-electron chi connectivity index (χ2n) is 4.74. The predicted octanol–water partition coefficient (Wildman–Crippen LogP) is 1.62. The molecular formula is C12H19ClN4. The van der Waals surface area contributed by atoms with Crippen molar-refractivity contribution in [3.8, 4) is 0 Å². The van der Waals surface area contributed by atoms with Gasteiger partial charge in [-0.2, -0.15) is 0 Å². The quantitative estimate of drug-likeness (QED) is 0.830. The predicted molar refractivity (Wildman–Crippen MR) is 69.1 cm³/mol. The average Bonchev–Trinajstić information content (AvgIpc) is 2.67. The molecule has 1 aromatic heterocycles. The molecule has 1 atom stereocenters. The standard InChI is InChI=1S/C12H19ClN4/c1-9-6-11(13)16-12(15-9)8-17(2)7-10-4-3-5-14-10/h6,10,14H,3-5,7-8H2,1-2H3. The van der Waals surface area contributed by atoms with E-state index in [1.165, 1.54) is 12.8 Å². The minimum atomic E-state index is 0.528. The molecule has 0 radical (unpaired) electrons. The third-order valence-electron chi connectivity index (χ3n) is 2.98. The van der Waals surface area contributed by atoms with Crippen LogP contribution in [0.3, 0.4) is 0 Å². The Morgan fingerprint density at radius 1 is 1.53 bits per heavy atom. The van der Waals surface area contributed by atoms with E-state index in [-0.39, 0.29) is 0 Å². The van der Waals surface area contributed by atoms with Gasteiger partial charge in [0.2, 0.25) is 0 Å². The Balaban J connectivity index is 1.90. The number of aromatic nitrogens is 2. The summed E-state index contributed by atoms with van der Waals surface area (Å²) >= 11 is 5.92. The fraction of sp³-hybridized carbons (Fsp3) is 0.667. The van der Waals surface area contributed by atoms with E-state index in [0.29, 0.717) is 11.2 Å². The molecule has 5 heteroatoms. The van der Waals surface area contributed by atoms with E-state index in [4.69, 9.17) is 11.6 Å². The van der Waals surface area contributed by atoms with Crippen molar-refractivity contribution in [3.63, 3.8) is 0 Å². The van der Waals surface area contributed by atoms with Gasteiger partial charge < -0.3 is 5.32 Å². The van der Waals surface area contributed by atoms with Crippen molar-refractivity contribution in [1.29, 1.82) is 0 Å². The molecular weight excluding hydrogens is 236 g/mol. The molecule has 1 aliphatic rings. The molecule has 0 spiro atoms. The van der Waals surface area contributed by atoms with Crippen LogP contribution in [-0.2, 0) is 6.54 Å². The van der Waals surface area contributed by atoms with Crippen molar-refractivity contribution in [1.82, 2.24) is 20.2 Å². The number of aryl methyl sites for hydroxylation is 1. The van der Waals surface area contributed by atoms with Gasteiger partial charge in [-0.05, 0) is 39.4 Å². The number of hydrogen-bond acceptors (Lipinski definition) is 4. The molecule has 2 heterocycles. The maximum atomic E-state index is 5.92. The monoisotopic (exact) mass is 254 g/mol. The van der Waals surface area contributed by atoms with E-state index in [0.717, 1.165) is 31.2 Å². The lowest BCUT2D eigenvalue weighted by Gasteiger charge is -2.20. The van der Waals surface area contributed by atoms with Crippen molar-refractivity contribution >= 4 is 11.6 Å². The van der Waals surface area contributed by atoms with Crippen molar-refractivity contribution in [2.75, 3.05) is 20.1 Å². The zero-order valence-electron chi connectivity index (χ0n) is 10.4. The Morgan fingerprint density at radius 2 is 2.35 bits per heavy atom. The Morgan fingerprint density at radius 3 is 3.00 bits per heavy atom. The Kier molecular flexibility index (Phi) is 4.31. The van der Waals surface area contributed by atoms with E-state index in [9.17, 15) is 0 Å². The highest BCUT2D eigenvalue weighted by Gasteiger charge is 2.16. The van der Waals surface area contributed by atoms with Crippen LogP contribution in [0.4, 0.5) is 0 Å². The molecule has 0 bridgehead atoms. The first kappa shape index (κ1) is 12.7. The number of likely N-dealkylation sites (N-methyl/N-ethyl adjacent to an activating group) is 1. The molecule has 94 valence electrons. The van der Waals surface area contributed by atoms with Crippen LogP contribution in [0.25, 0.3) is 0 Å². The molecule has 0 amide bonds. The van der Waals surface area contributed by atoms with Gasteiger partial charge in [-0.15, -0.1) is 0 Å². The first-order chi connectivity index (χ1) is 8.13. The van der Waals surface area contributed by atoms with Crippen LogP contribution in [0.15, 0.2) is 6.07 Å². The van der Waals surface area contributed by atoms with Crippen LogP contribution in [0, 0.1) is 6.92 Å². The highest BCUT2D eigenvalue weighted by Crippen LogP contribution is 2.10. The first-order valence-electron chi connectivity index (χ1n) is 6.05. The smallest absolute Gasteiger partial charge is 0.144 e. The summed E-state index contributed by atoms with van der Waals surface area (Å²) < 4.78 is 0. The van der Waals surface area contributed by atoms with E-state index in [1.54, 1.807) is 6.07 Å². The SMILES string of the molecule is Cc1cc(Cl)nc(CN(C)CC2CCCN2)n1.